The third-order valence-electron chi connectivity index (χ3n) is 5.47. The number of imide groups is 1. The van der Waals surface area contributed by atoms with Gasteiger partial charge in [0.05, 0.1) is 12.8 Å². The molecule has 0 aliphatic carbocycles. The molecule has 1 fully saturated rings. The summed E-state index contributed by atoms with van der Waals surface area (Å²) in [4.78, 5) is 41.7. The van der Waals surface area contributed by atoms with Crippen LogP contribution < -0.4 is 5.32 Å². The molecule has 0 unspecified atom stereocenters. The third kappa shape index (κ3) is 4.45. The van der Waals surface area contributed by atoms with Gasteiger partial charge in [0.15, 0.2) is 0 Å². The summed E-state index contributed by atoms with van der Waals surface area (Å²) in [5, 5.41) is 2.74. The van der Waals surface area contributed by atoms with Gasteiger partial charge in [-0.05, 0) is 42.3 Å². The first-order valence-corrected chi connectivity index (χ1v) is 10.9. The van der Waals surface area contributed by atoms with E-state index in [1.165, 1.54) is 0 Å². The normalized spacial score (nSPS) is 18.0. The van der Waals surface area contributed by atoms with E-state index in [9.17, 15) is 14.4 Å². The van der Waals surface area contributed by atoms with E-state index >= 15 is 0 Å². The fraction of sp³-hybridized carbons (Fsp3) is 0.208. The molecule has 1 aromatic heterocycles. The molecule has 4 amide bonds. The highest BCUT2D eigenvalue weighted by Crippen LogP contribution is 2.30. The van der Waals surface area contributed by atoms with Crippen LogP contribution in [0.25, 0.3) is 0 Å². The molecular weight excluding hydrogens is 474 g/mol. The zero-order chi connectivity index (χ0) is 22.7. The first-order valence-electron chi connectivity index (χ1n) is 10.1. The van der Waals surface area contributed by atoms with E-state index in [4.69, 9.17) is 4.42 Å². The van der Waals surface area contributed by atoms with Crippen LogP contribution in [0.4, 0.5) is 4.79 Å². The second kappa shape index (κ2) is 9.00. The van der Waals surface area contributed by atoms with Crippen LogP contribution in [0, 0.1) is 0 Å². The number of nitrogens with zero attached hydrogens (tertiary/aromatic N) is 2. The maximum Gasteiger partial charge on any atom is 0.325 e. The zero-order valence-corrected chi connectivity index (χ0v) is 19.0. The lowest BCUT2D eigenvalue weighted by Crippen LogP contribution is -2.44. The van der Waals surface area contributed by atoms with Gasteiger partial charge in [0.25, 0.3) is 5.91 Å². The van der Waals surface area contributed by atoms with Crippen LogP contribution in [0.1, 0.15) is 23.8 Å². The number of halogens is 1. The Morgan fingerprint density at radius 1 is 1.06 bits per heavy atom. The number of urea groups is 1. The minimum Gasteiger partial charge on any atom is -0.467 e. The van der Waals surface area contributed by atoms with Gasteiger partial charge in [-0.1, -0.05) is 58.4 Å². The molecule has 1 aliphatic heterocycles. The number of amides is 4. The van der Waals surface area contributed by atoms with Crippen LogP contribution in [0.2, 0.25) is 0 Å². The Morgan fingerprint density at radius 3 is 2.53 bits per heavy atom. The van der Waals surface area contributed by atoms with E-state index in [1.54, 1.807) is 48.4 Å². The van der Waals surface area contributed by atoms with Crippen LogP contribution in [0.15, 0.2) is 81.9 Å². The molecule has 4 rings (SSSR count). The molecule has 1 aliphatic rings. The van der Waals surface area contributed by atoms with Gasteiger partial charge in [0.1, 0.15) is 17.8 Å². The molecule has 164 valence electrons. The van der Waals surface area contributed by atoms with Crippen molar-refractivity contribution < 1.29 is 18.8 Å². The molecule has 0 radical (unpaired) electrons. The van der Waals surface area contributed by atoms with Gasteiger partial charge in [0.2, 0.25) is 5.91 Å². The van der Waals surface area contributed by atoms with Gasteiger partial charge in [-0.2, -0.15) is 0 Å². The first kappa shape index (κ1) is 21.8. The highest BCUT2D eigenvalue weighted by Gasteiger charge is 2.49. The lowest BCUT2D eigenvalue weighted by molar-refractivity contribution is -0.139. The van der Waals surface area contributed by atoms with E-state index in [1.807, 2.05) is 36.4 Å². The summed E-state index contributed by atoms with van der Waals surface area (Å²) in [6, 6.07) is 19.6. The molecule has 1 N–H and O–H groups in total. The Bertz CT molecular complexity index is 1130. The van der Waals surface area contributed by atoms with E-state index in [2.05, 4.69) is 21.2 Å². The molecule has 0 bridgehead atoms. The quantitative estimate of drug-likeness (QED) is 0.501. The Balaban J connectivity index is 1.54. The van der Waals surface area contributed by atoms with Crippen LogP contribution >= 0.6 is 15.9 Å². The molecule has 0 spiro atoms. The van der Waals surface area contributed by atoms with Crippen molar-refractivity contribution in [2.75, 3.05) is 6.54 Å². The van der Waals surface area contributed by atoms with Gasteiger partial charge >= 0.3 is 6.03 Å². The Hall–Kier alpha value is -3.39. The number of rotatable bonds is 7. The SMILES string of the molecule is C[C@@]1(c2cccc(Br)c2)NC(=O)N(CC(=O)N(Cc2ccccc2)Cc2ccco2)C1=O. The van der Waals surface area contributed by atoms with Crippen molar-refractivity contribution in [1.82, 2.24) is 15.1 Å². The Labute approximate surface area is 194 Å². The van der Waals surface area contributed by atoms with Crippen molar-refractivity contribution in [1.29, 1.82) is 0 Å². The van der Waals surface area contributed by atoms with Gasteiger partial charge in [-0.15, -0.1) is 0 Å². The molecule has 0 saturated carbocycles. The molecule has 1 atom stereocenters. The summed E-state index contributed by atoms with van der Waals surface area (Å²) in [5.74, 6) is -0.204. The van der Waals surface area contributed by atoms with E-state index in [-0.39, 0.29) is 19.0 Å². The smallest absolute Gasteiger partial charge is 0.325 e. The van der Waals surface area contributed by atoms with Crippen molar-refractivity contribution >= 4 is 33.8 Å². The van der Waals surface area contributed by atoms with Gasteiger partial charge in [0, 0.05) is 11.0 Å². The van der Waals surface area contributed by atoms with E-state index in [0.29, 0.717) is 17.9 Å². The second-order valence-corrected chi connectivity index (χ2v) is 8.69. The maximum atomic E-state index is 13.2. The molecular formula is C24H22BrN3O4. The minimum atomic E-state index is -1.24. The van der Waals surface area contributed by atoms with Crippen LogP contribution in [-0.4, -0.2) is 34.2 Å². The van der Waals surface area contributed by atoms with Crippen LogP contribution in [0.3, 0.4) is 0 Å². The van der Waals surface area contributed by atoms with Gasteiger partial charge < -0.3 is 14.6 Å². The molecule has 32 heavy (non-hydrogen) atoms. The summed E-state index contributed by atoms with van der Waals surface area (Å²) in [5.41, 5.74) is 0.326. The predicted molar refractivity (Wildman–Crippen MR) is 121 cm³/mol. The average Bonchev–Trinajstić information content (AvgIpc) is 3.37. The third-order valence-corrected chi connectivity index (χ3v) is 5.96. The standard InChI is InChI=1S/C24H22BrN3O4/c1-24(18-9-5-10-19(25)13-18)22(30)28(23(31)26-24)16-21(29)27(15-20-11-6-12-32-20)14-17-7-3-2-4-8-17/h2-13H,14-16H2,1H3,(H,26,31)/t24-/m0/s1. The predicted octanol–water partition coefficient (Wildman–Crippen LogP) is 4.04. The summed E-state index contributed by atoms with van der Waals surface area (Å²) >= 11 is 3.40. The van der Waals surface area contributed by atoms with E-state index < -0.39 is 17.5 Å². The topological polar surface area (TPSA) is 82.9 Å². The molecule has 7 nitrogen and oxygen atoms in total. The van der Waals surface area contributed by atoms with Crippen molar-refractivity contribution in [3.05, 3.63) is 94.4 Å². The summed E-state index contributed by atoms with van der Waals surface area (Å²) in [6.45, 7) is 1.84. The van der Waals surface area contributed by atoms with Crippen LogP contribution in [0.5, 0.6) is 0 Å². The first-order chi connectivity index (χ1) is 15.4. The number of hydrogen-bond donors (Lipinski definition) is 1. The van der Waals surface area contributed by atoms with Gasteiger partial charge in [-0.25, -0.2) is 4.79 Å². The number of hydrogen-bond acceptors (Lipinski definition) is 4. The monoisotopic (exact) mass is 495 g/mol. The molecule has 2 heterocycles. The number of furan rings is 1. The second-order valence-electron chi connectivity index (χ2n) is 7.77. The van der Waals surface area contributed by atoms with Crippen molar-refractivity contribution in [3.8, 4) is 0 Å². The van der Waals surface area contributed by atoms with Gasteiger partial charge in [-0.3, -0.25) is 14.5 Å². The molecule has 8 heteroatoms. The summed E-state index contributed by atoms with van der Waals surface area (Å²) in [6.07, 6.45) is 1.54. The highest BCUT2D eigenvalue weighted by molar-refractivity contribution is 9.10. The minimum absolute atomic E-state index is 0.229. The Morgan fingerprint density at radius 2 is 1.84 bits per heavy atom. The fourth-order valence-electron chi connectivity index (χ4n) is 3.70. The summed E-state index contributed by atoms with van der Waals surface area (Å²) < 4.78 is 6.20. The molecule has 1 saturated heterocycles. The fourth-order valence-corrected chi connectivity index (χ4v) is 4.10. The van der Waals surface area contributed by atoms with Crippen LogP contribution in [-0.2, 0) is 28.2 Å². The number of carbonyl (C=O) groups is 3. The highest BCUT2D eigenvalue weighted by atomic mass is 79.9. The Kier molecular flexibility index (Phi) is 6.14. The lowest BCUT2D eigenvalue weighted by Gasteiger charge is -2.25. The maximum absolute atomic E-state index is 13.2. The van der Waals surface area contributed by atoms with Crippen molar-refractivity contribution in [2.24, 2.45) is 0 Å². The molecule has 3 aromatic rings. The largest absolute Gasteiger partial charge is 0.467 e. The number of nitrogens with one attached hydrogen (secondary N) is 1. The lowest BCUT2D eigenvalue weighted by atomic mass is 9.92. The van der Waals surface area contributed by atoms with Crippen molar-refractivity contribution in [3.63, 3.8) is 0 Å². The summed E-state index contributed by atoms with van der Waals surface area (Å²) in [7, 11) is 0. The average molecular weight is 496 g/mol. The zero-order valence-electron chi connectivity index (χ0n) is 17.5. The van der Waals surface area contributed by atoms with E-state index in [0.717, 1.165) is 14.9 Å². The number of carbonyl (C=O) groups excluding carboxylic acids is 3. The van der Waals surface area contributed by atoms with Crippen molar-refractivity contribution in [2.45, 2.75) is 25.6 Å². The number of benzene rings is 2. The molecule has 2 aromatic carbocycles.